The van der Waals surface area contributed by atoms with Crippen LogP contribution in [0.2, 0.25) is 0 Å². The maximum atomic E-state index is 13.3. The summed E-state index contributed by atoms with van der Waals surface area (Å²) >= 11 is 0. The van der Waals surface area contributed by atoms with E-state index in [-0.39, 0.29) is 18.4 Å². The number of benzene rings is 2. The average molecular weight is 414 g/mol. The van der Waals surface area contributed by atoms with Crippen LogP contribution >= 0.6 is 0 Å². The van der Waals surface area contributed by atoms with E-state index in [0.717, 1.165) is 11.1 Å². The van der Waals surface area contributed by atoms with Crippen LogP contribution in [-0.4, -0.2) is 40.4 Å². The molecule has 1 N–H and O–H groups in total. The summed E-state index contributed by atoms with van der Waals surface area (Å²) < 4.78 is 5.35. The summed E-state index contributed by atoms with van der Waals surface area (Å²) in [6, 6.07) is 18.7. The van der Waals surface area contributed by atoms with Gasteiger partial charge in [0.05, 0.1) is 28.9 Å². The molecule has 0 spiro atoms. The average Bonchev–Trinajstić information content (AvgIpc) is 3.14. The fraction of sp³-hybridized carbons (Fsp3) is 0.167. The summed E-state index contributed by atoms with van der Waals surface area (Å²) in [7, 11) is 1.59. The predicted octanol–water partition coefficient (Wildman–Crippen LogP) is 4.22. The topological polar surface area (TPSA) is 88.3 Å². The number of aromatic nitrogens is 2. The van der Waals surface area contributed by atoms with Gasteiger partial charge in [-0.05, 0) is 32.0 Å². The van der Waals surface area contributed by atoms with Gasteiger partial charge in [-0.3, -0.25) is 9.59 Å². The zero-order valence-electron chi connectivity index (χ0n) is 17.5. The third kappa shape index (κ3) is 4.30. The number of hydrogen-bond acceptors (Lipinski definition) is 5. The molecule has 0 saturated carbocycles. The molecule has 0 atom stereocenters. The van der Waals surface area contributed by atoms with Crippen LogP contribution in [0, 0.1) is 13.8 Å². The van der Waals surface area contributed by atoms with Gasteiger partial charge in [-0.1, -0.05) is 53.2 Å². The van der Waals surface area contributed by atoms with E-state index < -0.39 is 0 Å². The molecule has 0 aliphatic heterocycles. The van der Waals surface area contributed by atoms with Crippen LogP contribution in [0.15, 0.2) is 65.2 Å². The normalized spacial score (nSPS) is 10.8. The molecule has 2 aromatic carbocycles. The van der Waals surface area contributed by atoms with Crippen LogP contribution in [-0.2, 0) is 4.79 Å². The van der Waals surface area contributed by atoms with Crippen molar-refractivity contribution in [1.82, 2.24) is 15.0 Å². The second-order valence-corrected chi connectivity index (χ2v) is 7.44. The number of anilines is 1. The lowest BCUT2D eigenvalue weighted by molar-refractivity contribution is -0.116. The van der Waals surface area contributed by atoms with Crippen molar-refractivity contribution in [3.8, 4) is 11.3 Å². The Morgan fingerprint density at radius 2 is 1.74 bits per heavy atom. The standard InChI is InChI=1S/C24H22N4O3/c1-15-9-11-17(12-10-15)20-13-19(22-16(2)27-31-23(22)26-20)24(30)28(3)14-21(29)25-18-7-5-4-6-8-18/h4-13H,14H2,1-3H3,(H,25,29). The zero-order chi connectivity index (χ0) is 22.0. The number of carbonyl (C=O) groups excluding carboxylic acids is 2. The summed E-state index contributed by atoms with van der Waals surface area (Å²) in [4.78, 5) is 31.6. The second-order valence-electron chi connectivity index (χ2n) is 7.44. The lowest BCUT2D eigenvalue weighted by atomic mass is 10.0. The van der Waals surface area contributed by atoms with Gasteiger partial charge in [0, 0.05) is 18.3 Å². The van der Waals surface area contributed by atoms with Crippen LogP contribution in [0.25, 0.3) is 22.4 Å². The van der Waals surface area contributed by atoms with Crippen LogP contribution < -0.4 is 5.32 Å². The number of carbonyl (C=O) groups is 2. The molecule has 0 aliphatic carbocycles. The minimum atomic E-state index is -0.310. The van der Waals surface area contributed by atoms with E-state index in [2.05, 4.69) is 15.5 Å². The Bertz CT molecular complexity index is 1250. The summed E-state index contributed by atoms with van der Waals surface area (Å²) in [6.45, 7) is 3.67. The Morgan fingerprint density at radius 3 is 2.45 bits per heavy atom. The number of pyridine rings is 1. The third-order valence-electron chi connectivity index (χ3n) is 4.98. The van der Waals surface area contributed by atoms with Gasteiger partial charge in [0.2, 0.25) is 5.91 Å². The molecule has 2 aromatic heterocycles. The monoisotopic (exact) mass is 414 g/mol. The first kappa shape index (κ1) is 20.3. The minimum absolute atomic E-state index is 0.0955. The number of fused-ring (bicyclic) bond motifs is 1. The number of likely N-dealkylation sites (N-methyl/N-ethyl adjacent to an activating group) is 1. The first-order valence-corrected chi connectivity index (χ1v) is 9.87. The number of nitrogens with zero attached hydrogens (tertiary/aromatic N) is 3. The van der Waals surface area contributed by atoms with Gasteiger partial charge in [-0.15, -0.1) is 0 Å². The molecule has 4 aromatic rings. The molecule has 4 rings (SSSR count). The van der Waals surface area contributed by atoms with E-state index in [9.17, 15) is 9.59 Å². The number of hydrogen-bond donors (Lipinski definition) is 1. The van der Waals surface area contributed by atoms with Crippen LogP contribution in [0.1, 0.15) is 21.6 Å². The Balaban J connectivity index is 1.63. The molecule has 2 amide bonds. The zero-order valence-corrected chi connectivity index (χ0v) is 17.5. The lowest BCUT2D eigenvalue weighted by Crippen LogP contribution is -2.35. The molecule has 0 saturated heterocycles. The largest absolute Gasteiger partial charge is 0.335 e. The van der Waals surface area contributed by atoms with Gasteiger partial charge in [-0.25, -0.2) is 4.98 Å². The van der Waals surface area contributed by atoms with E-state index in [1.54, 1.807) is 32.2 Å². The third-order valence-corrected chi connectivity index (χ3v) is 4.98. The number of nitrogens with one attached hydrogen (secondary N) is 1. The molecule has 7 nitrogen and oxygen atoms in total. The quantitative estimate of drug-likeness (QED) is 0.528. The minimum Gasteiger partial charge on any atom is -0.335 e. The van der Waals surface area contributed by atoms with Crippen LogP contribution in [0.5, 0.6) is 0 Å². The number of rotatable bonds is 5. The molecule has 156 valence electrons. The number of amides is 2. The summed E-state index contributed by atoms with van der Waals surface area (Å²) in [5.41, 5.74) is 4.53. The molecule has 0 bridgehead atoms. The highest BCUT2D eigenvalue weighted by molar-refractivity contribution is 6.08. The fourth-order valence-corrected chi connectivity index (χ4v) is 3.35. The molecular weight excluding hydrogens is 392 g/mol. The molecule has 0 aliphatic rings. The van der Waals surface area contributed by atoms with Crippen molar-refractivity contribution in [2.75, 3.05) is 18.9 Å². The van der Waals surface area contributed by atoms with E-state index in [1.807, 2.05) is 49.4 Å². The highest BCUT2D eigenvalue weighted by Gasteiger charge is 2.23. The van der Waals surface area contributed by atoms with Crippen molar-refractivity contribution >= 4 is 28.6 Å². The second kappa shape index (κ2) is 8.39. The predicted molar refractivity (Wildman–Crippen MR) is 119 cm³/mol. The van der Waals surface area contributed by atoms with Crippen molar-refractivity contribution in [2.24, 2.45) is 0 Å². The Kier molecular flexibility index (Phi) is 5.49. The van der Waals surface area contributed by atoms with Crippen molar-refractivity contribution < 1.29 is 14.1 Å². The van der Waals surface area contributed by atoms with E-state index >= 15 is 0 Å². The van der Waals surface area contributed by atoms with Crippen molar-refractivity contribution in [1.29, 1.82) is 0 Å². The Labute approximate surface area is 179 Å². The number of aryl methyl sites for hydroxylation is 2. The first-order valence-electron chi connectivity index (χ1n) is 9.87. The lowest BCUT2D eigenvalue weighted by Gasteiger charge is -2.18. The molecule has 7 heteroatoms. The maximum absolute atomic E-state index is 13.3. The van der Waals surface area contributed by atoms with Gasteiger partial charge in [0.1, 0.15) is 0 Å². The first-order chi connectivity index (χ1) is 14.9. The van der Waals surface area contributed by atoms with Crippen molar-refractivity contribution in [3.05, 3.63) is 77.5 Å². The fourth-order valence-electron chi connectivity index (χ4n) is 3.35. The number of para-hydroxylation sites is 1. The van der Waals surface area contributed by atoms with Gasteiger partial charge >= 0.3 is 0 Å². The summed E-state index contributed by atoms with van der Waals surface area (Å²) in [5.74, 6) is -0.594. The summed E-state index contributed by atoms with van der Waals surface area (Å²) in [6.07, 6.45) is 0. The van der Waals surface area contributed by atoms with Gasteiger partial charge in [0.15, 0.2) is 0 Å². The van der Waals surface area contributed by atoms with Gasteiger partial charge < -0.3 is 14.7 Å². The van der Waals surface area contributed by atoms with Crippen molar-refractivity contribution in [3.63, 3.8) is 0 Å². The van der Waals surface area contributed by atoms with E-state index in [1.165, 1.54) is 4.90 Å². The Morgan fingerprint density at radius 1 is 1.03 bits per heavy atom. The van der Waals surface area contributed by atoms with Gasteiger partial charge in [0.25, 0.3) is 11.6 Å². The summed E-state index contributed by atoms with van der Waals surface area (Å²) in [5, 5.41) is 7.32. The van der Waals surface area contributed by atoms with Crippen LogP contribution in [0.3, 0.4) is 0 Å². The smallest absolute Gasteiger partial charge is 0.259 e. The highest BCUT2D eigenvalue weighted by atomic mass is 16.5. The van der Waals surface area contributed by atoms with Crippen molar-refractivity contribution in [2.45, 2.75) is 13.8 Å². The van der Waals surface area contributed by atoms with E-state index in [0.29, 0.717) is 33.7 Å². The molecule has 31 heavy (non-hydrogen) atoms. The van der Waals surface area contributed by atoms with E-state index in [4.69, 9.17) is 4.52 Å². The molecule has 0 unspecified atom stereocenters. The molecule has 2 heterocycles. The van der Waals surface area contributed by atoms with Crippen LogP contribution in [0.4, 0.5) is 5.69 Å². The molecule has 0 radical (unpaired) electrons. The SMILES string of the molecule is Cc1ccc(-c2cc(C(=O)N(C)CC(=O)Nc3ccccc3)c3c(C)noc3n2)cc1. The maximum Gasteiger partial charge on any atom is 0.259 e. The Hall–Kier alpha value is -4.00. The van der Waals surface area contributed by atoms with Gasteiger partial charge in [-0.2, -0.15) is 0 Å². The highest BCUT2D eigenvalue weighted by Crippen LogP contribution is 2.28. The molecular formula is C24H22N4O3. The molecule has 0 fully saturated rings.